The number of rotatable bonds is 8. The number of nitrogens with one attached hydrogen (secondary N) is 1. The lowest BCUT2D eigenvalue weighted by atomic mass is 10.1. The number of H-pyrrole nitrogens is 1. The smallest absolute Gasteiger partial charge is 0.256 e. The van der Waals surface area contributed by atoms with Crippen LogP contribution in [0.3, 0.4) is 0 Å². The third-order valence-electron chi connectivity index (χ3n) is 4.21. The molecule has 0 saturated heterocycles. The van der Waals surface area contributed by atoms with E-state index in [2.05, 4.69) is 31.0 Å². The largest absolute Gasteiger partial charge is 0.336 e. The number of unbranched alkanes of at least 4 members (excludes halogenated alkanes) is 2. The van der Waals surface area contributed by atoms with E-state index in [1.165, 1.54) is 6.42 Å². The van der Waals surface area contributed by atoms with Crippen LogP contribution in [0, 0.1) is 0 Å². The fourth-order valence-corrected chi connectivity index (χ4v) is 2.93. The molecule has 1 atom stereocenters. The molecule has 1 heterocycles. The van der Waals surface area contributed by atoms with Gasteiger partial charge in [-0.25, -0.2) is 0 Å². The summed E-state index contributed by atoms with van der Waals surface area (Å²) in [5.41, 5.74) is 1.58. The van der Waals surface area contributed by atoms with Gasteiger partial charge < -0.3 is 4.90 Å². The fraction of sp³-hybridized carbons (Fsp3) is 0.556. The van der Waals surface area contributed by atoms with Crippen LogP contribution in [0.2, 0.25) is 0 Å². The van der Waals surface area contributed by atoms with Crippen LogP contribution in [0.5, 0.6) is 0 Å². The molecule has 4 heteroatoms. The second-order valence-corrected chi connectivity index (χ2v) is 5.98. The third kappa shape index (κ3) is 3.67. The van der Waals surface area contributed by atoms with Gasteiger partial charge in [-0.15, -0.1) is 0 Å². The van der Waals surface area contributed by atoms with E-state index in [1.807, 2.05) is 23.1 Å². The van der Waals surface area contributed by atoms with Crippen molar-refractivity contribution in [3.05, 3.63) is 30.0 Å². The monoisotopic (exact) mass is 301 g/mol. The Bertz CT molecular complexity index is 605. The van der Waals surface area contributed by atoms with E-state index < -0.39 is 0 Å². The van der Waals surface area contributed by atoms with Crippen molar-refractivity contribution in [1.82, 2.24) is 15.1 Å². The van der Waals surface area contributed by atoms with Gasteiger partial charge in [0.2, 0.25) is 0 Å². The van der Waals surface area contributed by atoms with Gasteiger partial charge in [0.15, 0.2) is 0 Å². The molecule has 1 aromatic heterocycles. The first-order valence-electron chi connectivity index (χ1n) is 8.42. The molecule has 22 heavy (non-hydrogen) atoms. The maximum absolute atomic E-state index is 13.0. The predicted molar refractivity (Wildman–Crippen MR) is 91.0 cm³/mol. The van der Waals surface area contributed by atoms with Crippen molar-refractivity contribution < 1.29 is 4.79 Å². The van der Waals surface area contributed by atoms with Crippen molar-refractivity contribution in [2.45, 2.75) is 58.9 Å². The Hall–Kier alpha value is -1.84. The number of hydrogen-bond acceptors (Lipinski definition) is 2. The van der Waals surface area contributed by atoms with Crippen LogP contribution in [0.4, 0.5) is 0 Å². The first-order chi connectivity index (χ1) is 10.7. The zero-order valence-corrected chi connectivity index (χ0v) is 13.9. The standard InChI is InChI=1S/C18H27N3O/c1-4-6-7-12-21(14(3)9-5-2)18(22)16-11-8-10-15-13-19-20-17(15)16/h8,10-11,13-14H,4-7,9,12H2,1-3H3,(H,19,20). The SMILES string of the molecule is CCCCCN(C(=O)c1cccc2cn[nH]c12)C(C)CCC. The van der Waals surface area contributed by atoms with Crippen LogP contribution >= 0.6 is 0 Å². The second-order valence-electron chi connectivity index (χ2n) is 5.98. The molecular formula is C18H27N3O. The van der Waals surface area contributed by atoms with Crippen molar-refractivity contribution in [3.8, 4) is 0 Å². The van der Waals surface area contributed by atoms with E-state index in [0.717, 1.165) is 48.7 Å². The zero-order valence-electron chi connectivity index (χ0n) is 13.9. The maximum Gasteiger partial charge on any atom is 0.256 e. The molecule has 0 aliphatic heterocycles. The first-order valence-corrected chi connectivity index (χ1v) is 8.42. The molecule has 0 bridgehead atoms. The number of aromatic nitrogens is 2. The summed E-state index contributed by atoms with van der Waals surface area (Å²) in [7, 11) is 0. The van der Waals surface area contributed by atoms with Gasteiger partial charge in [-0.05, 0) is 25.8 Å². The summed E-state index contributed by atoms with van der Waals surface area (Å²) >= 11 is 0. The van der Waals surface area contributed by atoms with Gasteiger partial charge in [-0.3, -0.25) is 9.89 Å². The average Bonchev–Trinajstić information content (AvgIpc) is 2.99. The van der Waals surface area contributed by atoms with Crippen LogP contribution in [0.1, 0.15) is 63.2 Å². The maximum atomic E-state index is 13.0. The van der Waals surface area contributed by atoms with Crippen molar-refractivity contribution in [2.24, 2.45) is 0 Å². The minimum Gasteiger partial charge on any atom is -0.336 e. The number of carbonyl (C=O) groups excluding carboxylic acids is 1. The van der Waals surface area contributed by atoms with Crippen molar-refractivity contribution >= 4 is 16.8 Å². The van der Waals surface area contributed by atoms with Gasteiger partial charge in [0.25, 0.3) is 5.91 Å². The first kappa shape index (κ1) is 16.5. The normalized spacial score (nSPS) is 12.5. The second kappa shape index (κ2) is 7.97. The lowest BCUT2D eigenvalue weighted by molar-refractivity contribution is 0.0681. The lowest BCUT2D eigenvalue weighted by Gasteiger charge is -2.29. The van der Waals surface area contributed by atoms with Crippen molar-refractivity contribution in [2.75, 3.05) is 6.54 Å². The number of aromatic amines is 1. The van der Waals surface area contributed by atoms with Crippen LogP contribution in [0.15, 0.2) is 24.4 Å². The summed E-state index contributed by atoms with van der Waals surface area (Å²) in [6.07, 6.45) is 7.29. The molecule has 0 spiro atoms. The quantitative estimate of drug-likeness (QED) is 0.735. The summed E-state index contributed by atoms with van der Waals surface area (Å²) in [5, 5.41) is 8.02. The van der Waals surface area contributed by atoms with Crippen molar-refractivity contribution in [3.63, 3.8) is 0 Å². The molecule has 0 aliphatic carbocycles. The highest BCUT2D eigenvalue weighted by atomic mass is 16.2. The molecule has 1 N–H and O–H groups in total. The van der Waals surface area contributed by atoms with Gasteiger partial charge in [-0.2, -0.15) is 5.10 Å². The molecule has 1 aromatic carbocycles. The number of carbonyl (C=O) groups is 1. The minimum atomic E-state index is 0.118. The summed E-state index contributed by atoms with van der Waals surface area (Å²) in [5.74, 6) is 0.118. The molecule has 0 fully saturated rings. The summed E-state index contributed by atoms with van der Waals surface area (Å²) in [6.45, 7) is 7.34. The van der Waals surface area contributed by atoms with E-state index >= 15 is 0 Å². The Morgan fingerprint density at radius 3 is 2.82 bits per heavy atom. The topological polar surface area (TPSA) is 49.0 Å². The van der Waals surface area contributed by atoms with E-state index in [-0.39, 0.29) is 11.9 Å². The zero-order chi connectivity index (χ0) is 15.9. The fourth-order valence-electron chi connectivity index (χ4n) is 2.93. The van der Waals surface area contributed by atoms with Crippen LogP contribution in [0.25, 0.3) is 10.9 Å². The van der Waals surface area contributed by atoms with Crippen LogP contribution < -0.4 is 0 Å². The third-order valence-corrected chi connectivity index (χ3v) is 4.21. The summed E-state index contributed by atoms with van der Waals surface area (Å²) < 4.78 is 0. The van der Waals surface area contributed by atoms with Crippen molar-refractivity contribution in [1.29, 1.82) is 0 Å². The molecule has 1 unspecified atom stereocenters. The lowest BCUT2D eigenvalue weighted by Crippen LogP contribution is -2.39. The highest BCUT2D eigenvalue weighted by Gasteiger charge is 2.22. The van der Waals surface area contributed by atoms with Gasteiger partial charge in [0.1, 0.15) is 0 Å². The number of para-hydroxylation sites is 1. The van der Waals surface area contributed by atoms with Crippen LogP contribution in [-0.2, 0) is 0 Å². The molecule has 120 valence electrons. The molecule has 2 rings (SSSR count). The van der Waals surface area contributed by atoms with Crippen LogP contribution in [-0.4, -0.2) is 33.6 Å². The molecular weight excluding hydrogens is 274 g/mol. The predicted octanol–water partition coefficient (Wildman–Crippen LogP) is 4.38. The number of benzene rings is 1. The number of hydrogen-bond donors (Lipinski definition) is 1. The number of fused-ring (bicyclic) bond motifs is 1. The Morgan fingerprint density at radius 2 is 2.09 bits per heavy atom. The minimum absolute atomic E-state index is 0.118. The van der Waals surface area contributed by atoms with E-state index in [4.69, 9.17) is 0 Å². The Kier molecular flexibility index (Phi) is 5.99. The van der Waals surface area contributed by atoms with E-state index in [0.29, 0.717) is 0 Å². The molecule has 0 radical (unpaired) electrons. The molecule has 4 nitrogen and oxygen atoms in total. The summed E-state index contributed by atoms with van der Waals surface area (Å²) in [6, 6.07) is 6.08. The Labute approximate surface area is 132 Å². The number of amides is 1. The van der Waals surface area contributed by atoms with E-state index in [1.54, 1.807) is 6.20 Å². The van der Waals surface area contributed by atoms with Gasteiger partial charge in [-0.1, -0.05) is 45.2 Å². The van der Waals surface area contributed by atoms with Gasteiger partial charge in [0.05, 0.1) is 17.3 Å². The van der Waals surface area contributed by atoms with Gasteiger partial charge in [0, 0.05) is 18.0 Å². The average molecular weight is 301 g/mol. The highest BCUT2D eigenvalue weighted by Crippen LogP contribution is 2.20. The highest BCUT2D eigenvalue weighted by molar-refractivity contribution is 6.05. The van der Waals surface area contributed by atoms with Gasteiger partial charge >= 0.3 is 0 Å². The molecule has 0 saturated carbocycles. The summed E-state index contributed by atoms with van der Waals surface area (Å²) in [4.78, 5) is 15.1. The molecule has 0 aliphatic rings. The van der Waals surface area contributed by atoms with E-state index in [9.17, 15) is 4.79 Å². The molecule has 2 aromatic rings. The molecule has 1 amide bonds. The Morgan fingerprint density at radius 1 is 1.27 bits per heavy atom. The number of nitrogens with zero attached hydrogens (tertiary/aromatic N) is 2. The Balaban J connectivity index is 2.25.